The van der Waals surface area contributed by atoms with Gasteiger partial charge in [-0.1, -0.05) is 0 Å². The molecule has 0 rings (SSSR count). The van der Waals surface area contributed by atoms with E-state index >= 15 is 0 Å². The van der Waals surface area contributed by atoms with E-state index in [4.69, 9.17) is 9.84 Å². The average molecular weight is 116 g/mol. The average Bonchev–Trinajstić information content (AvgIpc) is 1.65. The van der Waals surface area contributed by atoms with E-state index in [0.29, 0.717) is 0 Å². The molecular formula is C6H12O2. The second kappa shape index (κ2) is 3.50. The van der Waals surface area contributed by atoms with E-state index in [-0.39, 0.29) is 0 Å². The lowest BCUT2D eigenvalue weighted by Crippen LogP contribution is -1.95. The van der Waals surface area contributed by atoms with Crippen molar-refractivity contribution in [3.8, 4) is 0 Å². The summed E-state index contributed by atoms with van der Waals surface area (Å²) in [5.74, 6) is 0.750. The van der Waals surface area contributed by atoms with Crippen molar-refractivity contribution in [1.29, 1.82) is 0 Å². The number of aliphatic hydroxyl groups excluding tert-OH is 1. The zero-order valence-electron chi connectivity index (χ0n) is 5.51. The third-order valence-electron chi connectivity index (χ3n) is 0.798. The van der Waals surface area contributed by atoms with Crippen LogP contribution in [0.25, 0.3) is 0 Å². The van der Waals surface area contributed by atoms with E-state index in [1.165, 1.54) is 0 Å². The zero-order chi connectivity index (χ0) is 6.57. The van der Waals surface area contributed by atoms with Crippen LogP contribution >= 0.6 is 0 Å². The first-order chi connectivity index (χ1) is 3.66. The highest BCUT2D eigenvalue weighted by Gasteiger charge is 1.88. The number of hydrogen-bond acceptors (Lipinski definition) is 2. The molecule has 0 heterocycles. The molecule has 0 aromatic carbocycles. The summed E-state index contributed by atoms with van der Waals surface area (Å²) in [5.41, 5.74) is 0. The van der Waals surface area contributed by atoms with Crippen LogP contribution in [0.4, 0.5) is 0 Å². The zero-order valence-corrected chi connectivity index (χ0v) is 5.51. The maximum atomic E-state index is 8.70. The molecule has 0 saturated carbocycles. The lowest BCUT2D eigenvalue weighted by Gasteiger charge is -1.98. The number of ether oxygens (including phenoxy) is 1. The summed E-state index contributed by atoms with van der Waals surface area (Å²) in [6.45, 7) is 3.48. The molecule has 2 heteroatoms. The number of allylic oxidation sites excluding steroid dienone is 1. The van der Waals surface area contributed by atoms with Gasteiger partial charge in [-0.25, -0.2) is 0 Å². The minimum absolute atomic E-state index is 0.407. The van der Waals surface area contributed by atoms with Gasteiger partial charge >= 0.3 is 0 Å². The van der Waals surface area contributed by atoms with Crippen LogP contribution in [0.2, 0.25) is 0 Å². The van der Waals surface area contributed by atoms with E-state index in [0.717, 1.165) is 5.76 Å². The predicted octanol–water partition coefficient (Wildman–Crippen LogP) is 0.917. The summed E-state index contributed by atoms with van der Waals surface area (Å²) in [7, 11) is 1.58. The van der Waals surface area contributed by atoms with Gasteiger partial charge < -0.3 is 9.84 Å². The van der Waals surface area contributed by atoms with Gasteiger partial charge in [0, 0.05) is 0 Å². The van der Waals surface area contributed by atoms with Gasteiger partial charge in [-0.05, 0) is 19.9 Å². The maximum Gasteiger partial charge on any atom is 0.0910 e. The Morgan fingerprint density at radius 2 is 2.25 bits per heavy atom. The second-order valence-electron chi connectivity index (χ2n) is 1.72. The Balaban J connectivity index is 3.56. The van der Waals surface area contributed by atoms with Crippen molar-refractivity contribution in [2.24, 2.45) is 0 Å². The second-order valence-corrected chi connectivity index (χ2v) is 1.72. The van der Waals surface area contributed by atoms with Gasteiger partial charge in [-0.3, -0.25) is 0 Å². The molecule has 0 aliphatic carbocycles. The van der Waals surface area contributed by atoms with E-state index in [1.54, 1.807) is 27.0 Å². The van der Waals surface area contributed by atoms with E-state index in [9.17, 15) is 0 Å². The number of hydrogen-bond donors (Lipinski definition) is 1. The Morgan fingerprint density at radius 3 is 2.38 bits per heavy atom. The maximum absolute atomic E-state index is 8.70. The lowest BCUT2D eigenvalue weighted by molar-refractivity contribution is 0.227. The third-order valence-corrected chi connectivity index (χ3v) is 0.798. The summed E-state index contributed by atoms with van der Waals surface area (Å²) in [6.07, 6.45) is 1.23. The van der Waals surface area contributed by atoms with E-state index in [2.05, 4.69) is 0 Å². The van der Waals surface area contributed by atoms with Crippen molar-refractivity contribution in [2.75, 3.05) is 7.11 Å². The van der Waals surface area contributed by atoms with E-state index in [1.807, 2.05) is 0 Å². The van der Waals surface area contributed by atoms with Crippen LogP contribution in [0.5, 0.6) is 0 Å². The highest BCUT2D eigenvalue weighted by atomic mass is 16.5. The molecule has 0 aromatic heterocycles. The van der Waals surface area contributed by atoms with Gasteiger partial charge in [0.15, 0.2) is 0 Å². The topological polar surface area (TPSA) is 29.5 Å². The molecule has 0 amide bonds. The number of methoxy groups -OCH3 is 1. The first kappa shape index (κ1) is 7.50. The Hall–Kier alpha value is -0.500. The molecular weight excluding hydrogens is 104 g/mol. The first-order valence-electron chi connectivity index (χ1n) is 2.57. The fraction of sp³-hybridized carbons (Fsp3) is 0.667. The molecule has 0 aliphatic rings. The van der Waals surface area contributed by atoms with Crippen molar-refractivity contribution >= 4 is 0 Å². The first-order valence-corrected chi connectivity index (χ1v) is 2.57. The molecule has 2 nitrogen and oxygen atoms in total. The molecule has 48 valence electrons. The standard InChI is InChI=1S/C6H12O2/c1-5(7)4-6(2)8-3/h4-5,7H,1-3H3/b6-4-. The molecule has 8 heavy (non-hydrogen) atoms. The lowest BCUT2D eigenvalue weighted by atomic mass is 10.3. The van der Waals surface area contributed by atoms with Crippen molar-refractivity contribution in [3.63, 3.8) is 0 Å². The fourth-order valence-corrected chi connectivity index (χ4v) is 0.408. The molecule has 0 radical (unpaired) electrons. The Labute approximate surface area is 49.8 Å². The third kappa shape index (κ3) is 3.68. The monoisotopic (exact) mass is 116 g/mol. The van der Waals surface area contributed by atoms with Gasteiger partial charge in [0.25, 0.3) is 0 Å². The van der Waals surface area contributed by atoms with Gasteiger partial charge in [-0.2, -0.15) is 0 Å². The van der Waals surface area contributed by atoms with Crippen LogP contribution in [0, 0.1) is 0 Å². The normalized spacial score (nSPS) is 15.8. The summed E-state index contributed by atoms with van der Waals surface area (Å²) < 4.78 is 4.76. The van der Waals surface area contributed by atoms with Crippen LogP contribution < -0.4 is 0 Å². The predicted molar refractivity (Wildman–Crippen MR) is 32.4 cm³/mol. The highest BCUT2D eigenvalue weighted by molar-refractivity contribution is 4.91. The van der Waals surface area contributed by atoms with Gasteiger partial charge in [0.05, 0.1) is 19.0 Å². The van der Waals surface area contributed by atoms with Gasteiger partial charge in [-0.15, -0.1) is 0 Å². The van der Waals surface area contributed by atoms with Crippen molar-refractivity contribution < 1.29 is 9.84 Å². The van der Waals surface area contributed by atoms with Crippen molar-refractivity contribution in [1.82, 2.24) is 0 Å². The van der Waals surface area contributed by atoms with Crippen LogP contribution in [0.15, 0.2) is 11.8 Å². The Bertz CT molecular complexity index is 84.5. The summed E-state index contributed by atoms with van der Waals surface area (Å²) >= 11 is 0. The summed E-state index contributed by atoms with van der Waals surface area (Å²) in [5, 5.41) is 8.70. The highest BCUT2D eigenvalue weighted by Crippen LogP contribution is 1.93. The van der Waals surface area contributed by atoms with Crippen LogP contribution in [0.3, 0.4) is 0 Å². The molecule has 1 atom stereocenters. The summed E-state index contributed by atoms with van der Waals surface area (Å²) in [4.78, 5) is 0. The molecule has 0 saturated heterocycles. The van der Waals surface area contributed by atoms with E-state index < -0.39 is 6.10 Å². The largest absolute Gasteiger partial charge is 0.502 e. The number of rotatable bonds is 2. The van der Waals surface area contributed by atoms with Gasteiger partial charge in [0.2, 0.25) is 0 Å². The van der Waals surface area contributed by atoms with Gasteiger partial charge in [0.1, 0.15) is 0 Å². The Kier molecular flexibility index (Phi) is 3.28. The SMILES string of the molecule is CO/C(C)=C\C(C)O. The van der Waals surface area contributed by atoms with Crippen molar-refractivity contribution in [2.45, 2.75) is 20.0 Å². The summed E-state index contributed by atoms with van der Waals surface area (Å²) in [6, 6.07) is 0. The smallest absolute Gasteiger partial charge is 0.0910 e. The van der Waals surface area contributed by atoms with Crippen LogP contribution in [-0.4, -0.2) is 18.3 Å². The molecule has 0 bridgehead atoms. The molecule has 0 aliphatic heterocycles. The minimum atomic E-state index is -0.407. The Morgan fingerprint density at radius 1 is 1.75 bits per heavy atom. The van der Waals surface area contributed by atoms with Crippen molar-refractivity contribution in [3.05, 3.63) is 11.8 Å². The van der Waals surface area contributed by atoms with Crippen LogP contribution in [0.1, 0.15) is 13.8 Å². The molecule has 1 N–H and O–H groups in total. The number of aliphatic hydroxyl groups is 1. The fourth-order valence-electron chi connectivity index (χ4n) is 0.408. The molecule has 0 spiro atoms. The quantitative estimate of drug-likeness (QED) is 0.543. The molecule has 1 unspecified atom stereocenters. The molecule has 0 aromatic rings. The minimum Gasteiger partial charge on any atom is -0.502 e. The van der Waals surface area contributed by atoms with Crippen LogP contribution in [-0.2, 0) is 4.74 Å². The molecule has 0 fully saturated rings.